The summed E-state index contributed by atoms with van der Waals surface area (Å²) in [7, 11) is 1.71. The van der Waals surface area contributed by atoms with Crippen molar-refractivity contribution in [3.8, 4) is 0 Å². The second-order valence-electron chi connectivity index (χ2n) is 4.34. The van der Waals surface area contributed by atoms with Crippen molar-refractivity contribution in [2.45, 2.75) is 18.4 Å². The van der Waals surface area contributed by atoms with Crippen molar-refractivity contribution in [3.05, 3.63) is 18.0 Å². The highest BCUT2D eigenvalue weighted by atomic mass is 16.5. The van der Waals surface area contributed by atoms with Crippen molar-refractivity contribution in [1.29, 1.82) is 0 Å². The van der Waals surface area contributed by atoms with Gasteiger partial charge in [0.15, 0.2) is 0 Å². The molecule has 1 aliphatic rings. The Bertz CT molecular complexity index is 396. The van der Waals surface area contributed by atoms with Gasteiger partial charge in [-0.1, -0.05) is 0 Å². The Labute approximate surface area is 99.6 Å². The number of rotatable bonds is 3. The minimum atomic E-state index is -0.556. The number of aryl methyl sites for hydroxylation is 1. The van der Waals surface area contributed by atoms with Crippen LogP contribution in [0.3, 0.4) is 0 Å². The second kappa shape index (κ2) is 4.85. The Hall–Kier alpha value is -1.40. The third-order valence-corrected chi connectivity index (χ3v) is 3.18. The highest BCUT2D eigenvalue weighted by molar-refractivity contribution is 5.93. The van der Waals surface area contributed by atoms with Gasteiger partial charge < -0.3 is 15.2 Å². The van der Waals surface area contributed by atoms with E-state index in [0.29, 0.717) is 31.7 Å². The summed E-state index contributed by atoms with van der Waals surface area (Å²) in [5.74, 6) is -0.207. The van der Waals surface area contributed by atoms with E-state index in [1.807, 2.05) is 0 Å². The molecular formula is C11H17N3O3. The molecule has 2 N–H and O–H groups in total. The highest BCUT2D eigenvalue weighted by Gasteiger charge is 2.34. The fraction of sp³-hybridized carbons (Fsp3) is 0.636. The van der Waals surface area contributed by atoms with E-state index in [0.717, 1.165) is 0 Å². The van der Waals surface area contributed by atoms with Crippen LogP contribution in [-0.2, 0) is 11.8 Å². The molecule has 0 aliphatic carbocycles. The number of carbonyl (C=O) groups excluding carboxylic acids is 1. The molecule has 0 spiro atoms. The topological polar surface area (TPSA) is 76.4 Å². The van der Waals surface area contributed by atoms with Crippen molar-refractivity contribution >= 4 is 5.91 Å². The number of ether oxygens (including phenoxy) is 1. The molecule has 0 saturated carbocycles. The summed E-state index contributed by atoms with van der Waals surface area (Å²) in [5, 5.41) is 16.3. The van der Waals surface area contributed by atoms with E-state index in [1.54, 1.807) is 19.3 Å². The number of nitrogens with one attached hydrogen (secondary N) is 1. The zero-order valence-electron chi connectivity index (χ0n) is 9.85. The van der Waals surface area contributed by atoms with Crippen LogP contribution in [0.4, 0.5) is 0 Å². The number of hydrogen-bond donors (Lipinski definition) is 2. The lowest BCUT2D eigenvalue weighted by atomic mass is 9.91. The van der Waals surface area contributed by atoms with Crippen LogP contribution in [0.15, 0.2) is 12.3 Å². The summed E-state index contributed by atoms with van der Waals surface area (Å²) < 4.78 is 6.76. The van der Waals surface area contributed by atoms with Gasteiger partial charge in [-0.05, 0) is 18.9 Å². The molecular weight excluding hydrogens is 222 g/mol. The Balaban J connectivity index is 2.08. The Morgan fingerprint density at radius 1 is 1.65 bits per heavy atom. The van der Waals surface area contributed by atoms with Gasteiger partial charge in [0.2, 0.25) is 0 Å². The maximum atomic E-state index is 12.0. The van der Waals surface area contributed by atoms with Gasteiger partial charge in [-0.15, -0.1) is 0 Å². The lowest BCUT2D eigenvalue weighted by molar-refractivity contribution is 0.0123. The first-order valence-corrected chi connectivity index (χ1v) is 5.66. The molecule has 0 radical (unpaired) electrons. The summed E-state index contributed by atoms with van der Waals surface area (Å²) in [6.07, 6.45) is 2.84. The summed E-state index contributed by atoms with van der Waals surface area (Å²) in [4.78, 5) is 12.0. The predicted molar refractivity (Wildman–Crippen MR) is 60.5 cm³/mol. The van der Waals surface area contributed by atoms with Crippen molar-refractivity contribution in [3.63, 3.8) is 0 Å². The summed E-state index contributed by atoms with van der Waals surface area (Å²) in [5.41, 5.74) is -0.0658. The smallest absolute Gasteiger partial charge is 0.270 e. The third-order valence-electron chi connectivity index (χ3n) is 3.18. The normalized spacial score (nSPS) is 18.9. The summed E-state index contributed by atoms with van der Waals surface area (Å²) >= 11 is 0. The number of aliphatic hydroxyl groups is 1. The summed E-state index contributed by atoms with van der Waals surface area (Å²) in [6, 6.07) is 1.65. The molecule has 0 atom stereocenters. The van der Waals surface area contributed by atoms with Crippen LogP contribution in [-0.4, -0.2) is 46.2 Å². The number of nitrogens with zero attached hydrogens (tertiary/aromatic N) is 2. The van der Waals surface area contributed by atoms with Gasteiger partial charge in [-0.2, -0.15) is 5.10 Å². The van der Waals surface area contributed by atoms with Crippen LogP contribution < -0.4 is 5.32 Å². The Kier molecular flexibility index (Phi) is 3.44. The van der Waals surface area contributed by atoms with Crippen LogP contribution in [0.1, 0.15) is 23.3 Å². The van der Waals surface area contributed by atoms with Crippen LogP contribution in [0.25, 0.3) is 0 Å². The van der Waals surface area contributed by atoms with Gasteiger partial charge >= 0.3 is 0 Å². The maximum absolute atomic E-state index is 12.0. The molecule has 0 unspecified atom stereocenters. The monoisotopic (exact) mass is 239 g/mol. The molecule has 1 fully saturated rings. The Morgan fingerprint density at radius 3 is 2.88 bits per heavy atom. The maximum Gasteiger partial charge on any atom is 0.270 e. The zero-order valence-corrected chi connectivity index (χ0v) is 9.85. The molecule has 2 heterocycles. The molecule has 0 bridgehead atoms. The van der Waals surface area contributed by atoms with E-state index in [1.165, 1.54) is 4.68 Å². The van der Waals surface area contributed by atoms with Gasteiger partial charge in [-0.3, -0.25) is 9.48 Å². The number of hydrogen-bond acceptors (Lipinski definition) is 4. The van der Waals surface area contributed by atoms with Crippen molar-refractivity contribution in [1.82, 2.24) is 15.1 Å². The SMILES string of the molecule is Cn1nccc1C(=O)NC1(CO)CCOCC1. The first-order chi connectivity index (χ1) is 8.17. The molecule has 2 rings (SSSR count). The molecule has 1 aromatic rings. The Morgan fingerprint density at radius 2 is 2.35 bits per heavy atom. The number of aromatic nitrogens is 2. The van der Waals surface area contributed by atoms with Crippen LogP contribution >= 0.6 is 0 Å². The lowest BCUT2D eigenvalue weighted by Crippen LogP contribution is -2.54. The van der Waals surface area contributed by atoms with E-state index in [9.17, 15) is 9.90 Å². The molecule has 1 amide bonds. The molecule has 1 aromatic heterocycles. The van der Waals surface area contributed by atoms with Gasteiger partial charge in [-0.25, -0.2) is 0 Å². The average molecular weight is 239 g/mol. The van der Waals surface area contributed by atoms with Gasteiger partial charge in [0, 0.05) is 26.5 Å². The highest BCUT2D eigenvalue weighted by Crippen LogP contribution is 2.20. The minimum absolute atomic E-state index is 0.0695. The summed E-state index contributed by atoms with van der Waals surface area (Å²) in [6.45, 7) is 1.05. The van der Waals surface area contributed by atoms with Crippen LogP contribution in [0.5, 0.6) is 0 Å². The van der Waals surface area contributed by atoms with Crippen LogP contribution in [0.2, 0.25) is 0 Å². The number of aliphatic hydroxyl groups excluding tert-OH is 1. The third kappa shape index (κ3) is 2.48. The minimum Gasteiger partial charge on any atom is -0.394 e. The quantitative estimate of drug-likeness (QED) is 0.758. The van der Waals surface area contributed by atoms with Crippen molar-refractivity contribution in [2.75, 3.05) is 19.8 Å². The largest absolute Gasteiger partial charge is 0.394 e. The van der Waals surface area contributed by atoms with E-state index in [-0.39, 0.29) is 12.5 Å². The molecule has 6 nitrogen and oxygen atoms in total. The molecule has 1 saturated heterocycles. The molecule has 94 valence electrons. The lowest BCUT2D eigenvalue weighted by Gasteiger charge is -2.36. The van der Waals surface area contributed by atoms with E-state index in [2.05, 4.69) is 10.4 Å². The van der Waals surface area contributed by atoms with E-state index >= 15 is 0 Å². The van der Waals surface area contributed by atoms with E-state index < -0.39 is 5.54 Å². The number of carbonyl (C=O) groups is 1. The first-order valence-electron chi connectivity index (χ1n) is 5.66. The second-order valence-corrected chi connectivity index (χ2v) is 4.34. The van der Waals surface area contributed by atoms with Crippen molar-refractivity contribution in [2.24, 2.45) is 7.05 Å². The van der Waals surface area contributed by atoms with Crippen molar-refractivity contribution < 1.29 is 14.6 Å². The average Bonchev–Trinajstić information content (AvgIpc) is 2.77. The molecule has 17 heavy (non-hydrogen) atoms. The molecule has 1 aliphatic heterocycles. The number of amides is 1. The van der Waals surface area contributed by atoms with Gasteiger partial charge in [0.05, 0.1) is 12.1 Å². The predicted octanol–water partition coefficient (Wildman–Crippen LogP) is -0.309. The zero-order chi connectivity index (χ0) is 12.3. The van der Waals surface area contributed by atoms with Gasteiger partial charge in [0.25, 0.3) is 5.91 Å². The fourth-order valence-electron chi connectivity index (χ4n) is 1.99. The first kappa shape index (κ1) is 12.1. The fourth-order valence-corrected chi connectivity index (χ4v) is 1.99. The van der Waals surface area contributed by atoms with Gasteiger partial charge in [0.1, 0.15) is 5.69 Å². The standard InChI is InChI=1S/C11H17N3O3/c1-14-9(2-5-12-14)10(16)13-11(8-15)3-6-17-7-4-11/h2,5,15H,3-4,6-8H2,1H3,(H,13,16). The molecule has 6 heteroatoms. The molecule has 0 aromatic carbocycles. The van der Waals surface area contributed by atoms with E-state index in [4.69, 9.17) is 4.74 Å². The van der Waals surface area contributed by atoms with Crippen LogP contribution in [0, 0.1) is 0 Å².